The van der Waals surface area contributed by atoms with Crippen LogP contribution in [0.15, 0.2) is 41.8 Å². The minimum absolute atomic E-state index is 0.597. The summed E-state index contributed by atoms with van der Waals surface area (Å²) in [7, 11) is -1.06. The Morgan fingerprint density at radius 3 is 2.57 bits per heavy atom. The van der Waals surface area contributed by atoms with Crippen LogP contribution in [0.3, 0.4) is 0 Å². The lowest BCUT2D eigenvalue weighted by Gasteiger charge is -2.29. The Bertz CT molecular complexity index is 603. The van der Waals surface area contributed by atoms with Crippen molar-refractivity contribution in [3.63, 3.8) is 0 Å². The van der Waals surface area contributed by atoms with Crippen LogP contribution in [-0.2, 0) is 17.3 Å². The quantitative estimate of drug-likeness (QED) is 0.872. The maximum atomic E-state index is 11.6. The molecular formula is C16H21N3OS. The lowest BCUT2D eigenvalue weighted by Crippen LogP contribution is -2.19. The minimum Gasteiger partial charge on any atom is -0.306 e. The van der Waals surface area contributed by atoms with Crippen molar-refractivity contribution in [1.29, 1.82) is 0 Å². The Hall–Kier alpha value is -1.49. The van der Waals surface area contributed by atoms with Crippen LogP contribution < -0.4 is 0 Å². The molecule has 3 rings (SSSR count). The number of aromatic nitrogens is 3. The fraction of sp³-hybridized carbons (Fsp3) is 0.500. The Kier molecular flexibility index (Phi) is 4.48. The lowest BCUT2D eigenvalue weighted by atomic mass is 9.79. The second-order valence-electron chi connectivity index (χ2n) is 5.85. The minimum atomic E-state index is -1.06. The van der Waals surface area contributed by atoms with E-state index < -0.39 is 10.8 Å². The molecule has 0 spiro atoms. The summed E-state index contributed by atoms with van der Waals surface area (Å²) in [6.07, 6.45) is 8.27. The van der Waals surface area contributed by atoms with Crippen molar-refractivity contribution in [3.05, 3.63) is 42.2 Å². The molecule has 1 atom stereocenters. The third kappa shape index (κ3) is 3.40. The van der Waals surface area contributed by atoms with E-state index in [1.54, 1.807) is 12.6 Å². The third-order valence-corrected chi connectivity index (χ3v) is 5.24. The molecule has 1 aromatic carbocycles. The van der Waals surface area contributed by atoms with Crippen molar-refractivity contribution in [2.75, 3.05) is 6.26 Å². The molecule has 1 aliphatic rings. The van der Waals surface area contributed by atoms with Gasteiger partial charge in [0.2, 0.25) is 5.16 Å². The van der Waals surface area contributed by atoms with Crippen molar-refractivity contribution in [2.45, 2.75) is 43.3 Å². The maximum absolute atomic E-state index is 11.6. The molecule has 0 aliphatic heterocycles. The maximum Gasteiger partial charge on any atom is 0.221 e. The van der Waals surface area contributed by atoms with E-state index in [1.165, 1.54) is 31.2 Å². The van der Waals surface area contributed by atoms with Crippen LogP contribution in [0.25, 0.3) is 0 Å². The zero-order chi connectivity index (χ0) is 14.7. The van der Waals surface area contributed by atoms with Crippen LogP contribution in [0.1, 0.15) is 37.2 Å². The van der Waals surface area contributed by atoms with Gasteiger partial charge < -0.3 is 4.57 Å². The molecular weight excluding hydrogens is 282 g/mol. The van der Waals surface area contributed by atoms with E-state index in [9.17, 15) is 4.21 Å². The van der Waals surface area contributed by atoms with Crippen molar-refractivity contribution in [2.24, 2.45) is 5.92 Å². The van der Waals surface area contributed by atoms with Gasteiger partial charge in [0.25, 0.3) is 0 Å². The van der Waals surface area contributed by atoms with Crippen LogP contribution in [0, 0.1) is 5.92 Å². The first kappa shape index (κ1) is 14.4. The molecule has 1 fully saturated rings. The summed E-state index contributed by atoms with van der Waals surface area (Å²) in [4.78, 5) is 0. The molecule has 0 saturated heterocycles. The molecule has 2 aromatic rings. The fourth-order valence-electron chi connectivity index (χ4n) is 3.27. The average Bonchev–Trinajstić information content (AvgIpc) is 2.97. The molecule has 5 heteroatoms. The lowest BCUT2D eigenvalue weighted by molar-refractivity contribution is 0.287. The normalized spacial score (nSPS) is 23.9. The summed E-state index contributed by atoms with van der Waals surface area (Å²) in [6.45, 7) is 0.892. The van der Waals surface area contributed by atoms with Crippen LogP contribution in [0.2, 0.25) is 0 Å². The summed E-state index contributed by atoms with van der Waals surface area (Å²) in [5, 5.41) is 8.45. The monoisotopic (exact) mass is 303 g/mol. The SMILES string of the molecule is CS(=O)c1nncn1CC1CCC(c2ccccc2)CC1. The number of nitrogens with zero attached hydrogens (tertiary/aromatic N) is 3. The van der Waals surface area contributed by atoms with Gasteiger partial charge in [-0.2, -0.15) is 0 Å². The standard InChI is InChI=1S/C16H21N3OS/c1-21(20)16-18-17-12-19(16)11-13-7-9-15(10-8-13)14-5-3-2-4-6-14/h2-6,12-13,15H,7-11H2,1H3. The second kappa shape index (κ2) is 6.52. The van der Waals surface area contributed by atoms with E-state index in [0.717, 1.165) is 6.54 Å². The van der Waals surface area contributed by atoms with Crippen LogP contribution in [0.4, 0.5) is 0 Å². The summed E-state index contributed by atoms with van der Waals surface area (Å²) < 4.78 is 13.6. The van der Waals surface area contributed by atoms with Crippen LogP contribution in [-0.4, -0.2) is 25.2 Å². The number of rotatable bonds is 4. The van der Waals surface area contributed by atoms with Gasteiger partial charge >= 0.3 is 0 Å². The Morgan fingerprint density at radius 1 is 1.19 bits per heavy atom. The van der Waals surface area contributed by atoms with Gasteiger partial charge in [-0.1, -0.05) is 30.3 Å². The zero-order valence-electron chi connectivity index (χ0n) is 12.3. The Labute approximate surface area is 128 Å². The van der Waals surface area contributed by atoms with Gasteiger partial charge in [-0.05, 0) is 43.1 Å². The first-order valence-corrected chi connectivity index (χ1v) is 9.06. The van der Waals surface area contributed by atoms with Crippen molar-refractivity contribution >= 4 is 10.8 Å². The highest BCUT2D eigenvalue weighted by molar-refractivity contribution is 7.84. The Balaban J connectivity index is 1.59. The average molecular weight is 303 g/mol. The molecule has 1 aliphatic carbocycles. The van der Waals surface area contributed by atoms with E-state index in [2.05, 4.69) is 40.5 Å². The molecule has 0 N–H and O–H groups in total. The molecule has 1 saturated carbocycles. The molecule has 1 aromatic heterocycles. The second-order valence-corrected chi connectivity index (χ2v) is 7.12. The smallest absolute Gasteiger partial charge is 0.221 e. The predicted molar refractivity (Wildman–Crippen MR) is 83.5 cm³/mol. The number of benzene rings is 1. The first-order chi connectivity index (χ1) is 10.2. The van der Waals surface area contributed by atoms with E-state index >= 15 is 0 Å². The largest absolute Gasteiger partial charge is 0.306 e. The van der Waals surface area contributed by atoms with Crippen LogP contribution in [0.5, 0.6) is 0 Å². The summed E-state index contributed by atoms with van der Waals surface area (Å²) in [5.41, 5.74) is 1.47. The summed E-state index contributed by atoms with van der Waals surface area (Å²) in [5.74, 6) is 1.34. The fourth-order valence-corrected chi connectivity index (χ4v) is 3.89. The molecule has 1 unspecified atom stereocenters. The highest BCUT2D eigenvalue weighted by Gasteiger charge is 2.23. The van der Waals surface area contributed by atoms with Crippen molar-refractivity contribution < 1.29 is 4.21 Å². The molecule has 0 amide bonds. The molecule has 21 heavy (non-hydrogen) atoms. The van der Waals surface area contributed by atoms with Crippen molar-refractivity contribution in [3.8, 4) is 0 Å². The van der Waals surface area contributed by atoms with Crippen molar-refractivity contribution in [1.82, 2.24) is 14.8 Å². The molecule has 4 nitrogen and oxygen atoms in total. The predicted octanol–water partition coefficient (Wildman–Crippen LogP) is 2.99. The Morgan fingerprint density at radius 2 is 1.90 bits per heavy atom. The molecule has 0 bridgehead atoms. The number of hydrogen-bond acceptors (Lipinski definition) is 3. The first-order valence-electron chi connectivity index (χ1n) is 7.50. The van der Waals surface area contributed by atoms with E-state index in [0.29, 0.717) is 17.0 Å². The van der Waals surface area contributed by atoms with Gasteiger partial charge in [0, 0.05) is 12.8 Å². The van der Waals surface area contributed by atoms with E-state index in [1.807, 2.05) is 4.57 Å². The number of hydrogen-bond donors (Lipinski definition) is 0. The topological polar surface area (TPSA) is 47.8 Å². The van der Waals surface area contributed by atoms with Gasteiger partial charge in [0.05, 0.1) is 10.8 Å². The van der Waals surface area contributed by atoms with Gasteiger partial charge in [0.15, 0.2) is 0 Å². The highest BCUT2D eigenvalue weighted by Crippen LogP contribution is 2.36. The summed E-state index contributed by atoms with van der Waals surface area (Å²) >= 11 is 0. The zero-order valence-corrected chi connectivity index (χ0v) is 13.1. The van der Waals surface area contributed by atoms with Gasteiger partial charge in [-0.25, -0.2) is 0 Å². The van der Waals surface area contributed by atoms with Gasteiger partial charge in [0.1, 0.15) is 6.33 Å². The molecule has 1 heterocycles. The van der Waals surface area contributed by atoms with E-state index in [4.69, 9.17) is 0 Å². The summed E-state index contributed by atoms with van der Waals surface area (Å²) in [6, 6.07) is 10.8. The molecule has 0 radical (unpaired) electrons. The van der Waals surface area contributed by atoms with E-state index in [-0.39, 0.29) is 0 Å². The molecule has 112 valence electrons. The van der Waals surface area contributed by atoms with Crippen LogP contribution >= 0.6 is 0 Å². The van der Waals surface area contributed by atoms with Gasteiger partial charge in [-0.15, -0.1) is 10.2 Å². The van der Waals surface area contributed by atoms with Gasteiger partial charge in [-0.3, -0.25) is 4.21 Å². The highest BCUT2D eigenvalue weighted by atomic mass is 32.2. The third-order valence-electron chi connectivity index (χ3n) is 4.41.